The Morgan fingerprint density at radius 1 is 1.25 bits per heavy atom. The molecule has 0 fully saturated rings. The number of halogens is 1. The number of hydrogen-bond donors (Lipinski definition) is 1. The van der Waals surface area contributed by atoms with Crippen molar-refractivity contribution in [3.8, 4) is 0 Å². The Balaban J connectivity index is 1.82. The maximum absolute atomic E-state index is 5.10. The number of benzene rings is 1. The molecule has 0 bridgehead atoms. The van der Waals surface area contributed by atoms with Gasteiger partial charge in [0.05, 0.1) is 12.2 Å². The molecule has 0 aliphatic rings. The predicted molar refractivity (Wildman–Crippen MR) is 65.9 cm³/mol. The topological polar surface area (TPSA) is 38.1 Å². The summed E-state index contributed by atoms with van der Waals surface area (Å²) in [4.78, 5) is 0. The number of nitrogens with one attached hydrogen (secondary N) is 1. The fraction of sp³-hybridized carbons (Fsp3) is 0.250. The molecule has 1 aromatic carbocycles. The molecule has 0 saturated carbocycles. The summed E-state index contributed by atoms with van der Waals surface area (Å²) in [5.41, 5.74) is 2.17. The molecule has 0 spiro atoms. The van der Waals surface area contributed by atoms with Crippen molar-refractivity contribution in [1.82, 2.24) is 10.5 Å². The molecule has 0 saturated heterocycles. The van der Waals surface area contributed by atoms with Gasteiger partial charge in [0.25, 0.3) is 0 Å². The summed E-state index contributed by atoms with van der Waals surface area (Å²) in [6, 6.07) is 10.2. The Morgan fingerprint density at radius 2 is 2.00 bits per heavy atom. The van der Waals surface area contributed by atoms with Crippen LogP contribution >= 0.6 is 15.9 Å². The molecule has 2 aromatic rings. The summed E-state index contributed by atoms with van der Waals surface area (Å²) < 4.78 is 6.20. The average molecular weight is 281 g/mol. The van der Waals surface area contributed by atoms with E-state index in [9.17, 15) is 0 Å². The van der Waals surface area contributed by atoms with Crippen LogP contribution in [0.2, 0.25) is 0 Å². The van der Waals surface area contributed by atoms with Gasteiger partial charge in [-0.05, 0) is 24.6 Å². The fourth-order valence-corrected chi connectivity index (χ4v) is 1.70. The SMILES string of the molecule is Cc1cc(CNCc2ccc(Br)cc2)on1. The minimum Gasteiger partial charge on any atom is -0.360 e. The van der Waals surface area contributed by atoms with Gasteiger partial charge in [-0.1, -0.05) is 33.2 Å². The molecule has 16 heavy (non-hydrogen) atoms. The van der Waals surface area contributed by atoms with Crippen LogP contribution in [0.1, 0.15) is 17.0 Å². The monoisotopic (exact) mass is 280 g/mol. The molecule has 4 heteroatoms. The number of rotatable bonds is 4. The van der Waals surface area contributed by atoms with Gasteiger partial charge in [0, 0.05) is 17.1 Å². The summed E-state index contributed by atoms with van der Waals surface area (Å²) in [6.45, 7) is 3.45. The zero-order chi connectivity index (χ0) is 11.4. The second-order valence-corrected chi connectivity index (χ2v) is 4.58. The van der Waals surface area contributed by atoms with Crippen LogP contribution < -0.4 is 5.32 Å². The summed E-state index contributed by atoms with van der Waals surface area (Å²) in [5, 5.41) is 7.13. The minimum atomic E-state index is 0.705. The lowest BCUT2D eigenvalue weighted by Crippen LogP contribution is -2.11. The predicted octanol–water partition coefficient (Wildman–Crippen LogP) is 3.04. The molecular weight excluding hydrogens is 268 g/mol. The van der Waals surface area contributed by atoms with Crippen LogP contribution in [0, 0.1) is 6.92 Å². The van der Waals surface area contributed by atoms with Gasteiger partial charge in [-0.25, -0.2) is 0 Å². The van der Waals surface area contributed by atoms with Crippen molar-refractivity contribution < 1.29 is 4.52 Å². The molecule has 1 heterocycles. The summed E-state index contributed by atoms with van der Waals surface area (Å²) in [6.07, 6.45) is 0. The van der Waals surface area contributed by atoms with Crippen LogP contribution in [0.4, 0.5) is 0 Å². The highest BCUT2D eigenvalue weighted by Gasteiger charge is 1.99. The molecule has 1 N–H and O–H groups in total. The maximum Gasteiger partial charge on any atom is 0.150 e. The first-order chi connectivity index (χ1) is 7.74. The summed E-state index contributed by atoms with van der Waals surface area (Å²) in [7, 11) is 0. The zero-order valence-corrected chi connectivity index (χ0v) is 10.6. The maximum atomic E-state index is 5.10. The molecule has 84 valence electrons. The van der Waals surface area contributed by atoms with Crippen LogP contribution in [0.15, 0.2) is 39.3 Å². The molecule has 0 radical (unpaired) electrons. The minimum absolute atomic E-state index is 0.705. The van der Waals surface area contributed by atoms with Crippen molar-refractivity contribution in [2.75, 3.05) is 0 Å². The van der Waals surface area contributed by atoms with Crippen LogP contribution in [0.5, 0.6) is 0 Å². The van der Waals surface area contributed by atoms with Crippen molar-refractivity contribution in [2.24, 2.45) is 0 Å². The highest BCUT2D eigenvalue weighted by Crippen LogP contribution is 2.10. The standard InChI is InChI=1S/C12H13BrN2O/c1-9-6-12(16-15-9)8-14-7-10-2-4-11(13)5-3-10/h2-6,14H,7-8H2,1H3. The van der Waals surface area contributed by atoms with Gasteiger partial charge in [0.1, 0.15) is 0 Å². The Morgan fingerprint density at radius 3 is 2.62 bits per heavy atom. The van der Waals surface area contributed by atoms with Gasteiger partial charge in [-0.3, -0.25) is 0 Å². The third-order valence-corrected chi connectivity index (χ3v) is 2.75. The van der Waals surface area contributed by atoms with Crippen LogP contribution in [-0.4, -0.2) is 5.16 Å². The Hall–Kier alpha value is -1.13. The Kier molecular flexibility index (Phi) is 3.74. The quantitative estimate of drug-likeness (QED) is 0.936. The third-order valence-electron chi connectivity index (χ3n) is 2.22. The van der Waals surface area contributed by atoms with Crippen molar-refractivity contribution in [3.05, 3.63) is 51.8 Å². The lowest BCUT2D eigenvalue weighted by Gasteiger charge is -2.02. The second kappa shape index (κ2) is 5.27. The van der Waals surface area contributed by atoms with Gasteiger partial charge < -0.3 is 9.84 Å². The van der Waals surface area contributed by atoms with Crippen molar-refractivity contribution >= 4 is 15.9 Å². The average Bonchev–Trinajstić information content (AvgIpc) is 2.67. The van der Waals surface area contributed by atoms with Crippen molar-refractivity contribution in [2.45, 2.75) is 20.0 Å². The lowest BCUT2D eigenvalue weighted by molar-refractivity contribution is 0.369. The highest BCUT2D eigenvalue weighted by atomic mass is 79.9. The van der Waals surface area contributed by atoms with E-state index < -0.39 is 0 Å². The second-order valence-electron chi connectivity index (χ2n) is 3.66. The molecule has 0 aliphatic carbocycles. The van der Waals surface area contributed by atoms with Gasteiger partial charge in [0.15, 0.2) is 5.76 Å². The van der Waals surface area contributed by atoms with E-state index in [1.165, 1.54) is 5.56 Å². The van der Waals surface area contributed by atoms with Gasteiger partial charge >= 0.3 is 0 Å². The van der Waals surface area contributed by atoms with E-state index in [0.717, 1.165) is 22.5 Å². The Bertz CT molecular complexity index is 450. The Labute approximate surface area is 103 Å². The van der Waals surface area contributed by atoms with E-state index in [0.29, 0.717) is 6.54 Å². The van der Waals surface area contributed by atoms with Crippen LogP contribution in [-0.2, 0) is 13.1 Å². The van der Waals surface area contributed by atoms with Gasteiger partial charge in [0.2, 0.25) is 0 Å². The van der Waals surface area contributed by atoms with E-state index in [2.05, 4.69) is 38.5 Å². The smallest absolute Gasteiger partial charge is 0.150 e. The number of nitrogens with zero attached hydrogens (tertiary/aromatic N) is 1. The molecule has 0 amide bonds. The van der Waals surface area contributed by atoms with E-state index in [4.69, 9.17) is 4.52 Å². The van der Waals surface area contributed by atoms with Crippen LogP contribution in [0.25, 0.3) is 0 Å². The third kappa shape index (κ3) is 3.18. The van der Waals surface area contributed by atoms with E-state index >= 15 is 0 Å². The lowest BCUT2D eigenvalue weighted by atomic mass is 10.2. The van der Waals surface area contributed by atoms with E-state index in [1.807, 2.05) is 25.1 Å². The normalized spacial score (nSPS) is 10.6. The molecule has 3 nitrogen and oxygen atoms in total. The largest absolute Gasteiger partial charge is 0.360 e. The molecule has 2 rings (SSSR count). The summed E-state index contributed by atoms with van der Waals surface area (Å²) >= 11 is 3.41. The van der Waals surface area contributed by atoms with E-state index in [-0.39, 0.29) is 0 Å². The number of aromatic nitrogens is 1. The molecule has 0 unspecified atom stereocenters. The van der Waals surface area contributed by atoms with Crippen molar-refractivity contribution in [3.63, 3.8) is 0 Å². The molecule has 1 aromatic heterocycles. The molecular formula is C12H13BrN2O. The first-order valence-electron chi connectivity index (χ1n) is 5.11. The first-order valence-corrected chi connectivity index (χ1v) is 5.91. The fourth-order valence-electron chi connectivity index (χ4n) is 1.43. The molecule has 0 aliphatic heterocycles. The zero-order valence-electron chi connectivity index (χ0n) is 9.03. The van der Waals surface area contributed by atoms with Crippen LogP contribution in [0.3, 0.4) is 0 Å². The highest BCUT2D eigenvalue weighted by molar-refractivity contribution is 9.10. The first kappa shape index (κ1) is 11.4. The number of hydrogen-bond acceptors (Lipinski definition) is 3. The number of aryl methyl sites for hydroxylation is 1. The van der Waals surface area contributed by atoms with Gasteiger partial charge in [-0.15, -0.1) is 0 Å². The van der Waals surface area contributed by atoms with Crippen molar-refractivity contribution in [1.29, 1.82) is 0 Å². The van der Waals surface area contributed by atoms with Gasteiger partial charge in [-0.2, -0.15) is 0 Å². The van der Waals surface area contributed by atoms with E-state index in [1.54, 1.807) is 0 Å². The summed E-state index contributed by atoms with van der Waals surface area (Å²) in [5.74, 6) is 0.870. The molecule has 0 atom stereocenters.